The molecule has 0 unspecified atom stereocenters. The highest BCUT2D eigenvalue weighted by Gasteiger charge is 2.33. The monoisotopic (exact) mass is 309 g/mol. The number of hydrogen-bond acceptors (Lipinski definition) is 3. The first kappa shape index (κ1) is 16.8. The minimum Gasteiger partial charge on any atom is -0.466 e. The van der Waals surface area contributed by atoms with Crippen molar-refractivity contribution in [1.82, 2.24) is 5.32 Å². The molecule has 0 spiro atoms. The molecule has 7 heteroatoms. The quantitative estimate of drug-likeness (QED) is 0.646. The second kappa shape index (κ2) is 7.50. The van der Waals surface area contributed by atoms with Gasteiger partial charge in [0.05, 0.1) is 23.6 Å². The molecule has 0 fully saturated rings. The van der Waals surface area contributed by atoms with Gasteiger partial charge in [-0.05, 0) is 24.6 Å². The second-order valence-corrected chi connectivity index (χ2v) is 4.45. The highest BCUT2D eigenvalue weighted by atomic mass is 35.5. The summed E-state index contributed by atoms with van der Waals surface area (Å²) >= 11 is 5.52. The maximum Gasteiger partial charge on any atom is 0.417 e. The molecule has 1 rings (SSSR count). The van der Waals surface area contributed by atoms with Gasteiger partial charge < -0.3 is 10.1 Å². The van der Waals surface area contributed by atoms with E-state index in [0.29, 0.717) is 18.7 Å². The maximum atomic E-state index is 12.6. The molecule has 1 aromatic carbocycles. The van der Waals surface area contributed by atoms with Crippen molar-refractivity contribution in [2.24, 2.45) is 0 Å². The van der Waals surface area contributed by atoms with E-state index in [2.05, 4.69) is 5.32 Å². The van der Waals surface area contributed by atoms with Crippen molar-refractivity contribution in [3.8, 4) is 0 Å². The van der Waals surface area contributed by atoms with Gasteiger partial charge in [-0.1, -0.05) is 17.7 Å². The van der Waals surface area contributed by atoms with Crippen LogP contribution in [0.2, 0.25) is 5.02 Å². The smallest absolute Gasteiger partial charge is 0.417 e. The molecule has 0 aromatic heterocycles. The van der Waals surface area contributed by atoms with Crippen molar-refractivity contribution in [1.29, 1.82) is 0 Å². The van der Waals surface area contributed by atoms with E-state index >= 15 is 0 Å². The van der Waals surface area contributed by atoms with E-state index in [9.17, 15) is 18.0 Å². The molecule has 0 atom stereocenters. The number of alkyl halides is 3. The fourth-order valence-corrected chi connectivity index (χ4v) is 1.78. The Labute approximate surface area is 120 Å². The van der Waals surface area contributed by atoms with Crippen LogP contribution in [0.15, 0.2) is 18.2 Å². The third-order valence-corrected chi connectivity index (χ3v) is 2.81. The van der Waals surface area contributed by atoms with Gasteiger partial charge in [-0.15, -0.1) is 0 Å². The van der Waals surface area contributed by atoms with Crippen molar-refractivity contribution in [2.75, 3.05) is 13.2 Å². The van der Waals surface area contributed by atoms with Crippen LogP contribution in [-0.4, -0.2) is 19.1 Å². The lowest BCUT2D eigenvalue weighted by molar-refractivity contribution is -0.143. The van der Waals surface area contributed by atoms with Crippen LogP contribution in [0.1, 0.15) is 24.5 Å². The van der Waals surface area contributed by atoms with Gasteiger partial charge in [0.2, 0.25) is 0 Å². The Balaban J connectivity index is 2.51. The van der Waals surface area contributed by atoms with Crippen LogP contribution in [0.25, 0.3) is 0 Å². The zero-order valence-corrected chi connectivity index (χ0v) is 11.6. The summed E-state index contributed by atoms with van der Waals surface area (Å²) < 4.78 is 42.7. The lowest BCUT2D eigenvalue weighted by Gasteiger charge is -2.11. The fourth-order valence-electron chi connectivity index (χ4n) is 1.56. The number of nitrogens with one attached hydrogen (secondary N) is 1. The van der Waals surface area contributed by atoms with Gasteiger partial charge in [-0.2, -0.15) is 13.2 Å². The summed E-state index contributed by atoms with van der Waals surface area (Å²) in [4.78, 5) is 11.1. The Morgan fingerprint density at radius 1 is 1.40 bits per heavy atom. The molecule has 20 heavy (non-hydrogen) atoms. The summed E-state index contributed by atoms with van der Waals surface area (Å²) in [7, 11) is 0. The van der Waals surface area contributed by atoms with Gasteiger partial charge in [-0.3, -0.25) is 4.79 Å². The number of hydrogen-bond donors (Lipinski definition) is 1. The summed E-state index contributed by atoms with van der Waals surface area (Å²) in [6.07, 6.45) is -4.30. The van der Waals surface area contributed by atoms with Crippen LogP contribution in [0.4, 0.5) is 13.2 Å². The molecular weight excluding hydrogens is 295 g/mol. The molecule has 3 nitrogen and oxygen atoms in total. The largest absolute Gasteiger partial charge is 0.466 e. The van der Waals surface area contributed by atoms with Gasteiger partial charge in [0.25, 0.3) is 0 Å². The maximum absolute atomic E-state index is 12.6. The van der Waals surface area contributed by atoms with Crippen LogP contribution >= 0.6 is 11.6 Å². The predicted octanol–water partition coefficient (Wildman–Crippen LogP) is 3.40. The van der Waals surface area contributed by atoms with Crippen molar-refractivity contribution in [2.45, 2.75) is 26.1 Å². The molecule has 0 saturated carbocycles. The van der Waals surface area contributed by atoms with Crippen LogP contribution in [0.5, 0.6) is 0 Å². The molecule has 1 aromatic rings. The SMILES string of the molecule is CCOC(=O)CCNCc1ccc(Cl)c(C(F)(F)F)c1. The lowest BCUT2D eigenvalue weighted by atomic mass is 10.1. The van der Waals surface area contributed by atoms with Gasteiger partial charge >= 0.3 is 12.1 Å². The zero-order chi connectivity index (χ0) is 15.2. The van der Waals surface area contributed by atoms with Gasteiger partial charge in [0, 0.05) is 13.1 Å². The fraction of sp³-hybridized carbons (Fsp3) is 0.462. The highest BCUT2D eigenvalue weighted by molar-refractivity contribution is 6.31. The lowest BCUT2D eigenvalue weighted by Crippen LogP contribution is -2.19. The second-order valence-electron chi connectivity index (χ2n) is 4.04. The standard InChI is InChI=1S/C13H15ClF3NO2/c1-2-20-12(19)5-6-18-8-9-3-4-11(14)10(7-9)13(15,16)17/h3-4,7,18H,2,5-6,8H2,1H3. The molecule has 0 heterocycles. The van der Waals surface area contributed by atoms with Crippen molar-refractivity contribution in [3.63, 3.8) is 0 Å². The first-order chi connectivity index (χ1) is 9.34. The van der Waals surface area contributed by atoms with E-state index in [1.165, 1.54) is 12.1 Å². The van der Waals surface area contributed by atoms with E-state index < -0.39 is 11.7 Å². The van der Waals surface area contributed by atoms with Gasteiger partial charge in [0.1, 0.15) is 0 Å². The molecule has 0 aliphatic rings. The summed E-state index contributed by atoms with van der Waals surface area (Å²) in [5, 5.41) is 2.55. The number of ether oxygens (including phenoxy) is 1. The minimum atomic E-state index is -4.47. The van der Waals surface area contributed by atoms with E-state index in [1.807, 2.05) is 0 Å². The number of carbonyl (C=O) groups excluding carboxylic acids is 1. The molecule has 0 bridgehead atoms. The topological polar surface area (TPSA) is 38.3 Å². The Kier molecular flexibility index (Phi) is 6.29. The Morgan fingerprint density at radius 2 is 2.10 bits per heavy atom. The summed E-state index contributed by atoms with van der Waals surface area (Å²) in [6.45, 7) is 2.57. The third kappa shape index (κ3) is 5.38. The van der Waals surface area contributed by atoms with Crippen LogP contribution < -0.4 is 5.32 Å². The van der Waals surface area contributed by atoms with Crippen LogP contribution in [-0.2, 0) is 22.3 Å². The van der Waals surface area contributed by atoms with E-state index in [1.54, 1.807) is 6.92 Å². The highest BCUT2D eigenvalue weighted by Crippen LogP contribution is 2.35. The first-order valence-electron chi connectivity index (χ1n) is 6.06. The zero-order valence-electron chi connectivity index (χ0n) is 10.9. The normalized spacial score (nSPS) is 11.4. The summed E-state index contributed by atoms with van der Waals surface area (Å²) in [5.74, 6) is -0.341. The van der Waals surface area contributed by atoms with Crippen molar-refractivity contribution < 1.29 is 22.7 Å². The average Bonchev–Trinajstić information content (AvgIpc) is 2.35. The Morgan fingerprint density at radius 3 is 2.70 bits per heavy atom. The third-order valence-electron chi connectivity index (χ3n) is 2.48. The molecule has 112 valence electrons. The number of benzene rings is 1. The minimum absolute atomic E-state index is 0.174. The number of esters is 1. The molecule has 0 amide bonds. The molecule has 0 saturated heterocycles. The van der Waals surface area contributed by atoms with Gasteiger partial charge in [0.15, 0.2) is 0 Å². The molecule has 0 aliphatic carbocycles. The molecule has 0 aliphatic heterocycles. The predicted molar refractivity (Wildman–Crippen MR) is 69.4 cm³/mol. The molecule has 1 N–H and O–H groups in total. The Hall–Kier alpha value is -1.27. The van der Waals surface area contributed by atoms with E-state index in [4.69, 9.17) is 16.3 Å². The van der Waals surface area contributed by atoms with Crippen LogP contribution in [0, 0.1) is 0 Å². The summed E-state index contributed by atoms with van der Waals surface area (Å²) in [6, 6.07) is 3.72. The van der Waals surface area contributed by atoms with Gasteiger partial charge in [-0.25, -0.2) is 0 Å². The molecular formula is C13H15ClF3NO2. The number of rotatable bonds is 6. The number of carbonyl (C=O) groups is 1. The number of halogens is 4. The first-order valence-corrected chi connectivity index (χ1v) is 6.44. The summed E-state index contributed by atoms with van der Waals surface area (Å²) in [5.41, 5.74) is -0.408. The molecule has 0 radical (unpaired) electrons. The van der Waals surface area contributed by atoms with E-state index in [0.717, 1.165) is 6.07 Å². The van der Waals surface area contributed by atoms with Crippen LogP contribution in [0.3, 0.4) is 0 Å². The van der Waals surface area contributed by atoms with Crippen molar-refractivity contribution in [3.05, 3.63) is 34.3 Å². The Bertz CT molecular complexity index is 463. The average molecular weight is 310 g/mol. The van der Waals surface area contributed by atoms with E-state index in [-0.39, 0.29) is 24.0 Å². The van der Waals surface area contributed by atoms with Crippen molar-refractivity contribution >= 4 is 17.6 Å².